The van der Waals surface area contributed by atoms with E-state index < -0.39 is 34.0 Å². The SMILES string of the molecule is O=S1OC2CCC3OS(=O)(=O)OC3CCC2O1. The molecule has 0 aromatic heterocycles. The van der Waals surface area contributed by atoms with E-state index in [1.54, 1.807) is 0 Å². The van der Waals surface area contributed by atoms with E-state index in [0.29, 0.717) is 25.7 Å². The molecule has 2 aliphatic heterocycles. The van der Waals surface area contributed by atoms with E-state index in [1.165, 1.54) is 0 Å². The third-order valence-corrected chi connectivity index (χ3v) is 4.96. The molecular formula is C8H12O7S2. The van der Waals surface area contributed by atoms with Gasteiger partial charge < -0.3 is 0 Å². The van der Waals surface area contributed by atoms with Crippen LogP contribution in [0.2, 0.25) is 0 Å². The molecular weight excluding hydrogens is 272 g/mol. The predicted octanol–water partition coefficient (Wildman–Crippen LogP) is -0.0481. The van der Waals surface area contributed by atoms with Crippen LogP contribution in [0.4, 0.5) is 0 Å². The zero-order valence-electron chi connectivity index (χ0n) is 8.81. The molecule has 1 saturated carbocycles. The second-order valence-electron chi connectivity index (χ2n) is 4.31. The van der Waals surface area contributed by atoms with Crippen molar-refractivity contribution in [2.24, 2.45) is 0 Å². The second-order valence-corrected chi connectivity index (χ2v) is 6.30. The first kappa shape index (κ1) is 12.0. The standard InChI is InChI=1S/C8H12O7S2/c9-16-12-5-1-3-7-8(4-2-6(5)13-16)15-17(10,11)14-7/h5-8H,1-4H2. The fraction of sp³-hybridized carbons (Fsp3) is 1.00. The molecule has 1 aliphatic carbocycles. The smallest absolute Gasteiger partial charge is 0.262 e. The highest BCUT2D eigenvalue weighted by Gasteiger charge is 2.45. The first-order valence-corrected chi connectivity index (χ1v) is 7.74. The van der Waals surface area contributed by atoms with Crippen LogP contribution in [0.1, 0.15) is 25.7 Å². The molecule has 3 fully saturated rings. The van der Waals surface area contributed by atoms with Crippen molar-refractivity contribution in [1.29, 1.82) is 0 Å². The molecule has 2 heterocycles. The van der Waals surface area contributed by atoms with Crippen LogP contribution in [0.25, 0.3) is 0 Å². The fourth-order valence-electron chi connectivity index (χ4n) is 2.39. The minimum Gasteiger partial charge on any atom is -0.262 e. The summed E-state index contributed by atoms with van der Waals surface area (Å²) in [5, 5.41) is 0. The Hall–Kier alpha value is -0.0600. The van der Waals surface area contributed by atoms with Gasteiger partial charge in [0.05, 0.1) is 0 Å². The van der Waals surface area contributed by atoms with Crippen LogP contribution in [0.15, 0.2) is 0 Å². The summed E-state index contributed by atoms with van der Waals surface area (Å²) in [6.45, 7) is 0. The third kappa shape index (κ3) is 2.40. The van der Waals surface area contributed by atoms with E-state index >= 15 is 0 Å². The zero-order valence-corrected chi connectivity index (χ0v) is 10.4. The van der Waals surface area contributed by atoms with Gasteiger partial charge in [-0.15, -0.1) is 0 Å². The molecule has 0 radical (unpaired) electrons. The molecule has 0 bridgehead atoms. The summed E-state index contributed by atoms with van der Waals surface area (Å²) in [5.41, 5.74) is 0. The lowest BCUT2D eigenvalue weighted by atomic mass is 9.93. The van der Waals surface area contributed by atoms with Gasteiger partial charge in [-0.25, -0.2) is 8.37 Å². The van der Waals surface area contributed by atoms with Crippen molar-refractivity contribution >= 4 is 21.8 Å². The Morgan fingerprint density at radius 3 is 1.71 bits per heavy atom. The summed E-state index contributed by atoms with van der Waals surface area (Å²) in [7, 11) is -3.84. The number of fused-ring (bicyclic) bond motifs is 2. The van der Waals surface area contributed by atoms with Crippen LogP contribution in [0.5, 0.6) is 0 Å². The molecule has 7 nitrogen and oxygen atoms in total. The van der Waals surface area contributed by atoms with Gasteiger partial charge in [-0.3, -0.25) is 8.37 Å². The quantitative estimate of drug-likeness (QED) is 0.616. The summed E-state index contributed by atoms with van der Waals surface area (Å²) >= 11 is -1.68. The summed E-state index contributed by atoms with van der Waals surface area (Å²) < 4.78 is 53.3. The molecule has 17 heavy (non-hydrogen) atoms. The molecule has 4 unspecified atom stereocenters. The van der Waals surface area contributed by atoms with Crippen LogP contribution < -0.4 is 0 Å². The molecule has 3 aliphatic rings. The molecule has 0 aromatic carbocycles. The highest BCUT2D eigenvalue weighted by atomic mass is 32.3. The maximum absolute atomic E-state index is 11.2. The van der Waals surface area contributed by atoms with E-state index in [-0.39, 0.29) is 12.2 Å². The molecule has 0 aromatic rings. The lowest BCUT2D eigenvalue weighted by molar-refractivity contribution is 0.0620. The minimum atomic E-state index is -3.84. The van der Waals surface area contributed by atoms with Gasteiger partial charge in [0, 0.05) is 0 Å². The first-order valence-electron chi connectivity index (χ1n) is 5.41. The topological polar surface area (TPSA) is 88.1 Å². The van der Waals surface area contributed by atoms with Crippen molar-refractivity contribution in [2.45, 2.75) is 50.1 Å². The van der Waals surface area contributed by atoms with E-state index in [9.17, 15) is 12.6 Å². The monoisotopic (exact) mass is 284 g/mol. The van der Waals surface area contributed by atoms with E-state index in [2.05, 4.69) is 0 Å². The molecule has 3 rings (SSSR count). The Morgan fingerprint density at radius 1 is 0.824 bits per heavy atom. The average molecular weight is 284 g/mol. The van der Waals surface area contributed by atoms with E-state index in [4.69, 9.17) is 16.7 Å². The van der Waals surface area contributed by atoms with Crippen molar-refractivity contribution in [3.05, 3.63) is 0 Å². The lowest BCUT2D eigenvalue weighted by Crippen LogP contribution is -2.33. The highest BCUT2D eigenvalue weighted by molar-refractivity contribution is 7.82. The Balaban J connectivity index is 1.73. The fourth-order valence-corrected chi connectivity index (χ4v) is 4.37. The molecule has 0 spiro atoms. The minimum absolute atomic E-state index is 0.247. The zero-order chi connectivity index (χ0) is 12.0. The normalized spacial score (nSPS) is 49.1. The van der Waals surface area contributed by atoms with Gasteiger partial charge in [0.15, 0.2) is 0 Å². The first-order chi connectivity index (χ1) is 8.03. The molecule has 9 heteroatoms. The molecule has 98 valence electrons. The summed E-state index contributed by atoms with van der Waals surface area (Å²) in [4.78, 5) is 0. The van der Waals surface area contributed by atoms with Crippen molar-refractivity contribution in [3.63, 3.8) is 0 Å². The summed E-state index contributed by atoms with van der Waals surface area (Å²) in [6.07, 6.45) is 0.675. The van der Waals surface area contributed by atoms with E-state index in [0.717, 1.165) is 0 Å². The van der Waals surface area contributed by atoms with Gasteiger partial charge in [0.1, 0.15) is 24.4 Å². The predicted molar refractivity (Wildman–Crippen MR) is 55.0 cm³/mol. The number of rotatable bonds is 0. The van der Waals surface area contributed by atoms with Gasteiger partial charge in [0.25, 0.3) is 0 Å². The Labute approximate surface area is 102 Å². The van der Waals surface area contributed by atoms with Crippen LogP contribution in [-0.2, 0) is 38.5 Å². The maximum atomic E-state index is 11.2. The largest absolute Gasteiger partial charge is 0.400 e. The second kappa shape index (κ2) is 4.25. The molecule has 2 saturated heterocycles. The van der Waals surface area contributed by atoms with Gasteiger partial charge in [0.2, 0.25) is 0 Å². The summed E-state index contributed by atoms with van der Waals surface area (Å²) in [5.74, 6) is 0. The van der Waals surface area contributed by atoms with Crippen LogP contribution in [0.3, 0.4) is 0 Å². The van der Waals surface area contributed by atoms with Gasteiger partial charge in [-0.1, -0.05) is 0 Å². The molecule has 0 N–H and O–H groups in total. The van der Waals surface area contributed by atoms with Crippen molar-refractivity contribution in [2.75, 3.05) is 0 Å². The van der Waals surface area contributed by atoms with Crippen LogP contribution in [-0.4, -0.2) is 37.0 Å². The van der Waals surface area contributed by atoms with Crippen molar-refractivity contribution < 1.29 is 29.4 Å². The van der Waals surface area contributed by atoms with Gasteiger partial charge >= 0.3 is 21.8 Å². The van der Waals surface area contributed by atoms with Crippen molar-refractivity contribution in [1.82, 2.24) is 0 Å². The van der Waals surface area contributed by atoms with Crippen LogP contribution in [0, 0.1) is 0 Å². The Morgan fingerprint density at radius 2 is 1.24 bits per heavy atom. The van der Waals surface area contributed by atoms with Crippen molar-refractivity contribution in [3.8, 4) is 0 Å². The molecule has 0 amide bonds. The number of hydrogen-bond donors (Lipinski definition) is 0. The average Bonchev–Trinajstić information content (AvgIpc) is 2.70. The van der Waals surface area contributed by atoms with E-state index in [1.807, 2.05) is 0 Å². The Kier molecular flexibility index (Phi) is 3.00. The maximum Gasteiger partial charge on any atom is 0.400 e. The van der Waals surface area contributed by atoms with Gasteiger partial charge in [-0.05, 0) is 25.7 Å². The lowest BCUT2D eigenvalue weighted by Gasteiger charge is -2.23. The number of hydrogen-bond acceptors (Lipinski definition) is 7. The highest BCUT2D eigenvalue weighted by Crippen LogP contribution is 2.35. The third-order valence-electron chi connectivity index (χ3n) is 3.19. The van der Waals surface area contributed by atoms with Gasteiger partial charge in [-0.2, -0.15) is 12.6 Å². The Bertz CT molecular complexity index is 401. The summed E-state index contributed by atoms with van der Waals surface area (Å²) in [6, 6.07) is 0. The van der Waals surface area contributed by atoms with Crippen LogP contribution >= 0.6 is 0 Å². The molecule has 4 atom stereocenters.